The van der Waals surface area contributed by atoms with E-state index in [9.17, 15) is 4.39 Å². The lowest BCUT2D eigenvalue weighted by atomic mass is 9.88. The van der Waals surface area contributed by atoms with E-state index < -0.39 is 6.04 Å². The van der Waals surface area contributed by atoms with Crippen LogP contribution >= 0.6 is 0 Å². The summed E-state index contributed by atoms with van der Waals surface area (Å²) in [4.78, 5) is 0. The van der Waals surface area contributed by atoms with Crippen LogP contribution in [-0.4, -0.2) is 12.6 Å². The summed E-state index contributed by atoms with van der Waals surface area (Å²) in [7, 11) is 0. The molecule has 1 aliphatic rings. The van der Waals surface area contributed by atoms with Crippen LogP contribution < -0.4 is 10.5 Å². The molecule has 0 saturated carbocycles. The Morgan fingerprint density at radius 1 is 1.60 bits per heavy atom. The molecule has 1 aliphatic heterocycles. The third-order valence-electron chi connectivity index (χ3n) is 2.64. The fourth-order valence-electron chi connectivity index (χ4n) is 1.85. The number of nitrogens with zero attached hydrogens (tertiary/aromatic N) is 1. The molecule has 0 aliphatic carbocycles. The topological polar surface area (TPSA) is 59.0 Å². The third-order valence-corrected chi connectivity index (χ3v) is 2.64. The van der Waals surface area contributed by atoms with Crippen molar-refractivity contribution in [3.63, 3.8) is 0 Å². The Kier molecular flexibility index (Phi) is 2.57. The third kappa shape index (κ3) is 1.79. The largest absolute Gasteiger partial charge is 0.493 e. The summed E-state index contributed by atoms with van der Waals surface area (Å²) in [5.41, 5.74) is 6.52. The smallest absolute Gasteiger partial charge is 0.126 e. The Morgan fingerprint density at radius 3 is 3.13 bits per heavy atom. The average Bonchev–Trinajstić information content (AvgIpc) is 2.26. The summed E-state index contributed by atoms with van der Waals surface area (Å²) < 4.78 is 18.3. The lowest BCUT2D eigenvalue weighted by Gasteiger charge is -2.27. The maximum Gasteiger partial charge on any atom is 0.126 e. The minimum atomic E-state index is -0.557. The van der Waals surface area contributed by atoms with Crippen LogP contribution in [0.5, 0.6) is 5.75 Å². The molecule has 0 saturated heterocycles. The van der Waals surface area contributed by atoms with Crippen LogP contribution in [0.2, 0.25) is 0 Å². The van der Waals surface area contributed by atoms with E-state index in [1.165, 1.54) is 12.1 Å². The SMILES string of the molecule is N#C[C@@H](N)[C@H]1CCOc2cc(F)ccc21. The molecule has 1 aromatic rings. The summed E-state index contributed by atoms with van der Waals surface area (Å²) in [6, 6.07) is 5.81. The van der Waals surface area contributed by atoms with Crippen molar-refractivity contribution in [3.05, 3.63) is 29.6 Å². The van der Waals surface area contributed by atoms with Crippen LogP contribution in [0.4, 0.5) is 4.39 Å². The second-order valence-electron chi connectivity index (χ2n) is 3.58. The number of hydrogen-bond acceptors (Lipinski definition) is 3. The molecule has 0 radical (unpaired) electrons. The molecule has 1 aromatic carbocycles. The second-order valence-corrected chi connectivity index (χ2v) is 3.58. The molecule has 0 bridgehead atoms. The zero-order chi connectivity index (χ0) is 10.8. The second kappa shape index (κ2) is 3.87. The van der Waals surface area contributed by atoms with Gasteiger partial charge in [-0.15, -0.1) is 0 Å². The lowest BCUT2D eigenvalue weighted by molar-refractivity contribution is 0.261. The summed E-state index contributed by atoms with van der Waals surface area (Å²) in [5.74, 6) is 0.122. The molecule has 2 rings (SSSR count). The van der Waals surface area contributed by atoms with Gasteiger partial charge in [-0.25, -0.2) is 4.39 Å². The molecule has 4 heteroatoms. The molecular weight excluding hydrogens is 195 g/mol. The monoisotopic (exact) mass is 206 g/mol. The summed E-state index contributed by atoms with van der Waals surface area (Å²) in [5, 5.41) is 8.78. The predicted octanol–water partition coefficient (Wildman–Crippen LogP) is 1.54. The molecule has 0 amide bonds. The van der Waals surface area contributed by atoms with Gasteiger partial charge in [-0.2, -0.15) is 5.26 Å². The molecule has 15 heavy (non-hydrogen) atoms. The van der Waals surface area contributed by atoms with Crippen molar-refractivity contribution in [3.8, 4) is 11.8 Å². The fraction of sp³-hybridized carbons (Fsp3) is 0.364. The Labute approximate surface area is 87.3 Å². The first-order valence-electron chi connectivity index (χ1n) is 4.80. The molecule has 0 spiro atoms. The van der Waals surface area contributed by atoms with Gasteiger partial charge in [0, 0.05) is 17.5 Å². The van der Waals surface area contributed by atoms with Crippen LogP contribution in [0, 0.1) is 17.1 Å². The van der Waals surface area contributed by atoms with Crippen LogP contribution in [0.1, 0.15) is 17.9 Å². The summed E-state index contributed by atoms with van der Waals surface area (Å²) in [6.45, 7) is 0.483. The number of benzene rings is 1. The van der Waals surface area contributed by atoms with Gasteiger partial charge in [-0.1, -0.05) is 6.07 Å². The molecule has 2 atom stereocenters. The van der Waals surface area contributed by atoms with E-state index in [2.05, 4.69) is 0 Å². The summed E-state index contributed by atoms with van der Waals surface area (Å²) in [6.07, 6.45) is 0.702. The van der Waals surface area contributed by atoms with E-state index in [0.29, 0.717) is 18.8 Å². The quantitative estimate of drug-likeness (QED) is 0.758. The number of fused-ring (bicyclic) bond motifs is 1. The van der Waals surface area contributed by atoms with Crippen LogP contribution in [0.25, 0.3) is 0 Å². The van der Waals surface area contributed by atoms with Crippen LogP contribution in [0.15, 0.2) is 18.2 Å². The van der Waals surface area contributed by atoms with Gasteiger partial charge in [0.05, 0.1) is 18.7 Å². The molecule has 3 nitrogen and oxygen atoms in total. The maximum absolute atomic E-state index is 12.9. The minimum absolute atomic E-state index is 0.0562. The van der Waals surface area contributed by atoms with E-state index in [4.69, 9.17) is 15.7 Å². The van der Waals surface area contributed by atoms with Gasteiger partial charge < -0.3 is 10.5 Å². The number of halogens is 1. The first-order valence-corrected chi connectivity index (χ1v) is 4.80. The standard InChI is InChI=1S/C11H11FN2O/c12-7-1-2-9-8(10(14)6-13)3-4-15-11(9)5-7/h1-2,5,8,10H,3-4,14H2/t8-,10+/m0/s1. The maximum atomic E-state index is 12.9. The van der Waals surface area contributed by atoms with Gasteiger partial charge in [0.15, 0.2) is 0 Å². The van der Waals surface area contributed by atoms with Gasteiger partial charge in [-0.3, -0.25) is 0 Å². The van der Waals surface area contributed by atoms with Gasteiger partial charge in [0.1, 0.15) is 11.6 Å². The van der Waals surface area contributed by atoms with E-state index >= 15 is 0 Å². The van der Waals surface area contributed by atoms with E-state index in [-0.39, 0.29) is 11.7 Å². The average molecular weight is 206 g/mol. The predicted molar refractivity (Wildman–Crippen MR) is 52.8 cm³/mol. The van der Waals surface area contributed by atoms with Crippen molar-refractivity contribution in [1.82, 2.24) is 0 Å². The van der Waals surface area contributed by atoms with E-state index in [0.717, 1.165) is 5.56 Å². The first kappa shape index (κ1) is 9.94. The van der Waals surface area contributed by atoms with Gasteiger partial charge >= 0.3 is 0 Å². The van der Waals surface area contributed by atoms with Gasteiger partial charge in [-0.05, 0) is 12.5 Å². The highest BCUT2D eigenvalue weighted by atomic mass is 19.1. The molecular formula is C11H11FN2O. The number of nitrogens with two attached hydrogens (primary N) is 1. The van der Waals surface area contributed by atoms with Crippen molar-refractivity contribution in [2.24, 2.45) is 5.73 Å². The van der Waals surface area contributed by atoms with Gasteiger partial charge in [0.2, 0.25) is 0 Å². The zero-order valence-corrected chi connectivity index (χ0v) is 8.11. The number of hydrogen-bond donors (Lipinski definition) is 1. The molecule has 2 N–H and O–H groups in total. The van der Waals surface area contributed by atoms with Crippen molar-refractivity contribution in [1.29, 1.82) is 5.26 Å². The van der Waals surface area contributed by atoms with E-state index in [1.807, 2.05) is 6.07 Å². The van der Waals surface area contributed by atoms with Gasteiger partial charge in [0.25, 0.3) is 0 Å². The molecule has 0 aromatic heterocycles. The van der Waals surface area contributed by atoms with Crippen LogP contribution in [0.3, 0.4) is 0 Å². The zero-order valence-electron chi connectivity index (χ0n) is 8.11. The number of ether oxygens (including phenoxy) is 1. The first-order chi connectivity index (χ1) is 7.22. The van der Waals surface area contributed by atoms with Crippen LogP contribution in [-0.2, 0) is 0 Å². The Morgan fingerprint density at radius 2 is 2.40 bits per heavy atom. The molecule has 1 heterocycles. The number of rotatable bonds is 1. The minimum Gasteiger partial charge on any atom is -0.493 e. The summed E-state index contributed by atoms with van der Waals surface area (Å²) >= 11 is 0. The molecule has 0 unspecified atom stereocenters. The van der Waals surface area contributed by atoms with Crippen molar-refractivity contribution >= 4 is 0 Å². The van der Waals surface area contributed by atoms with E-state index in [1.54, 1.807) is 6.07 Å². The normalized spacial score (nSPS) is 21.0. The highest BCUT2D eigenvalue weighted by Crippen LogP contribution is 2.35. The van der Waals surface area contributed by atoms with Crippen molar-refractivity contribution in [2.45, 2.75) is 18.4 Å². The highest BCUT2D eigenvalue weighted by molar-refractivity contribution is 5.40. The fourth-order valence-corrected chi connectivity index (χ4v) is 1.85. The molecule has 78 valence electrons. The highest BCUT2D eigenvalue weighted by Gasteiger charge is 2.26. The molecule has 0 fully saturated rings. The Hall–Kier alpha value is -1.60. The number of nitriles is 1. The van der Waals surface area contributed by atoms with Crippen molar-refractivity contribution < 1.29 is 9.13 Å². The van der Waals surface area contributed by atoms with Crippen molar-refractivity contribution in [2.75, 3.05) is 6.61 Å². The lowest BCUT2D eigenvalue weighted by Crippen LogP contribution is -2.30. The Balaban J connectivity index is 2.39. The Bertz CT molecular complexity index is 414.